The number of halogens is 2. The van der Waals surface area contributed by atoms with Gasteiger partial charge < -0.3 is 19.5 Å². The quantitative estimate of drug-likeness (QED) is 0.842. The lowest BCUT2D eigenvalue weighted by Gasteiger charge is -2.24. The third kappa shape index (κ3) is 4.79. The molecule has 0 amide bonds. The van der Waals surface area contributed by atoms with E-state index in [1.54, 1.807) is 7.11 Å². The Balaban J connectivity index is 0.00000225. The van der Waals surface area contributed by atoms with Crippen molar-refractivity contribution in [1.29, 1.82) is 0 Å². The first-order valence-electron chi connectivity index (χ1n) is 8.07. The highest BCUT2D eigenvalue weighted by Gasteiger charge is 2.18. The first-order valence-corrected chi connectivity index (χ1v) is 8.45. The minimum Gasteiger partial charge on any atom is -0.492 e. The SMILES string of the molecule is COc1c(OC[C@@H]2CNCCO2)ccc(C)c1-c1ccc(Cl)cc1.Cl. The predicted molar refractivity (Wildman–Crippen MR) is 104 cm³/mol. The van der Waals surface area contributed by atoms with Crippen LogP contribution >= 0.6 is 24.0 Å². The third-order valence-corrected chi connectivity index (χ3v) is 4.35. The smallest absolute Gasteiger partial charge is 0.168 e. The van der Waals surface area contributed by atoms with Crippen molar-refractivity contribution in [2.75, 3.05) is 33.4 Å². The maximum absolute atomic E-state index is 6.00. The Kier molecular flexibility index (Phi) is 7.38. The van der Waals surface area contributed by atoms with Crippen molar-refractivity contribution in [2.24, 2.45) is 0 Å². The van der Waals surface area contributed by atoms with Gasteiger partial charge in [0.15, 0.2) is 11.5 Å². The van der Waals surface area contributed by atoms with Crippen LogP contribution in [0.2, 0.25) is 5.02 Å². The number of morpholine rings is 1. The molecule has 1 atom stereocenters. The van der Waals surface area contributed by atoms with E-state index in [4.69, 9.17) is 25.8 Å². The highest BCUT2D eigenvalue weighted by Crippen LogP contribution is 2.40. The van der Waals surface area contributed by atoms with Crippen molar-refractivity contribution in [3.8, 4) is 22.6 Å². The minimum atomic E-state index is 0. The Hall–Kier alpha value is -1.46. The highest BCUT2D eigenvalue weighted by molar-refractivity contribution is 6.30. The van der Waals surface area contributed by atoms with Gasteiger partial charge in [0.2, 0.25) is 0 Å². The van der Waals surface area contributed by atoms with Crippen molar-refractivity contribution >= 4 is 24.0 Å². The van der Waals surface area contributed by atoms with Gasteiger partial charge in [0.05, 0.1) is 13.7 Å². The number of aryl methyl sites for hydroxylation is 1. The molecule has 6 heteroatoms. The molecule has 25 heavy (non-hydrogen) atoms. The Bertz CT molecular complexity index is 686. The molecule has 1 fully saturated rings. The second-order valence-electron chi connectivity index (χ2n) is 5.80. The summed E-state index contributed by atoms with van der Waals surface area (Å²) < 4.78 is 17.3. The molecule has 1 N–H and O–H groups in total. The molecule has 136 valence electrons. The molecule has 2 aromatic carbocycles. The maximum atomic E-state index is 6.00. The Morgan fingerprint density at radius 1 is 1.20 bits per heavy atom. The van der Waals surface area contributed by atoms with Crippen LogP contribution in [0, 0.1) is 6.92 Å². The molecule has 3 rings (SSSR count). The highest BCUT2D eigenvalue weighted by atomic mass is 35.5. The normalized spacial score (nSPS) is 16.8. The number of ether oxygens (including phenoxy) is 3. The number of nitrogens with one attached hydrogen (secondary N) is 1. The summed E-state index contributed by atoms with van der Waals surface area (Å²) in [5, 5.41) is 4.02. The monoisotopic (exact) mass is 383 g/mol. The average molecular weight is 384 g/mol. The molecular weight excluding hydrogens is 361 g/mol. The van der Waals surface area contributed by atoms with E-state index >= 15 is 0 Å². The van der Waals surface area contributed by atoms with Crippen LogP contribution in [0.15, 0.2) is 36.4 Å². The second-order valence-corrected chi connectivity index (χ2v) is 6.24. The maximum Gasteiger partial charge on any atom is 0.168 e. The number of rotatable bonds is 5. The Labute approximate surface area is 159 Å². The molecule has 0 spiro atoms. The van der Waals surface area contributed by atoms with Crippen LogP contribution < -0.4 is 14.8 Å². The Morgan fingerprint density at radius 2 is 1.96 bits per heavy atom. The minimum absolute atomic E-state index is 0. The van der Waals surface area contributed by atoms with E-state index in [1.165, 1.54) is 0 Å². The number of hydrogen-bond acceptors (Lipinski definition) is 4. The number of hydrogen-bond donors (Lipinski definition) is 1. The summed E-state index contributed by atoms with van der Waals surface area (Å²) in [5.74, 6) is 1.46. The van der Waals surface area contributed by atoms with Gasteiger partial charge in [-0.3, -0.25) is 0 Å². The van der Waals surface area contributed by atoms with Crippen LogP contribution in [0.3, 0.4) is 0 Å². The fourth-order valence-corrected chi connectivity index (χ4v) is 2.99. The van der Waals surface area contributed by atoms with E-state index in [2.05, 4.69) is 12.2 Å². The van der Waals surface area contributed by atoms with Gasteiger partial charge >= 0.3 is 0 Å². The fourth-order valence-electron chi connectivity index (χ4n) is 2.86. The molecule has 2 aromatic rings. The van der Waals surface area contributed by atoms with E-state index in [0.717, 1.165) is 47.9 Å². The van der Waals surface area contributed by atoms with Crippen molar-refractivity contribution in [3.05, 3.63) is 47.0 Å². The summed E-state index contributed by atoms with van der Waals surface area (Å²) in [5.41, 5.74) is 3.20. The third-order valence-electron chi connectivity index (χ3n) is 4.10. The summed E-state index contributed by atoms with van der Waals surface area (Å²) in [6.45, 7) is 4.97. The van der Waals surface area contributed by atoms with Gasteiger partial charge in [-0.2, -0.15) is 0 Å². The zero-order chi connectivity index (χ0) is 16.9. The molecule has 1 aliphatic heterocycles. The van der Waals surface area contributed by atoms with Gasteiger partial charge in [-0.1, -0.05) is 29.8 Å². The molecule has 0 bridgehead atoms. The van der Waals surface area contributed by atoms with Crippen molar-refractivity contribution < 1.29 is 14.2 Å². The second kappa shape index (κ2) is 9.30. The molecule has 1 aliphatic rings. The van der Waals surface area contributed by atoms with E-state index in [-0.39, 0.29) is 18.5 Å². The van der Waals surface area contributed by atoms with Gasteiger partial charge in [0.25, 0.3) is 0 Å². The average Bonchev–Trinajstić information content (AvgIpc) is 2.62. The molecule has 1 heterocycles. The lowest BCUT2D eigenvalue weighted by molar-refractivity contribution is -0.000250. The number of benzene rings is 2. The summed E-state index contributed by atoms with van der Waals surface area (Å²) in [6, 6.07) is 11.7. The molecule has 0 saturated carbocycles. The predicted octanol–water partition coefficient (Wildman–Crippen LogP) is 4.11. The van der Waals surface area contributed by atoms with Crippen molar-refractivity contribution in [1.82, 2.24) is 5.32 Å². The van der Waals surface area contributed by atoms with Crippen molar-refractivity contribution in [3.63, 3.8) is 0 Å². The van der Waals surface area contributed by atoms with Crippen LogP contribution in [0.4, 0.5) is 0 Å². The van der Waals surface area contributed by atoms with E-state index in [9.17, 15) is 0 Å². The molecule has 0 unspecified atom stereocenters. The lowest BCUT2D eigenvalue weighted by Crippen LogP contribution is -2.41. The largest absolute Gasteiger partial charge is 0.492 e. The summed E-state index contributed by atoms with van der Waals surface area (Å²) >= 11 is 6.00. The van der Waals surface area contributed by atoms with Gasteiger partial charge in [0.1, 0.15) is 12.7 Å². The van der Waals surface area contributed by atoms with Crippen LogP contribution in [0.1, 0.15) is 5.56 Å². The first kappa shape index (κ1) is 19.9. The van der Waals surface area contributed by atoms with Gasteiger partial charge in [-0.05, 0) is 36.2 Å². The van der Waals surface area contributed by atoms with E-state index in [1.807, 2.05) is 36.4 Å². The summed E-state index contributed by atoms with van der Waals surface area (Å²) in [7, 11) is 1.67. The lowest BCUT2D eigenvalue weighted by atomic mass is 9.99. The molecule has 0 aliphatic carbocycles. The van der Waals surface area contributed by atoms with Gasteiger partial charge in [0, 0.05) is 23.7 Å². The molecule has 1 saturated heterocycles. The summed E-state index contributed by atoms with van der Waals surface area (Å²) in [6.07, 6.45) is 0.0590. The van der Waals surface area contributed by atoms with Crippen LogP contribution in [0.25, 0.3) is 11.1 Å². The Morgan fingerprint density at radius 3 is 2.60 bits per heavy atom. The van der Waals surface area contributed by atoms with E-state index in [0.29, 0.717) is 11.6 Å². The van der Waals surface area contributed by atoms with Crippen LogP contribution in [0.5, 0.6) is 11.5 Å². The van der Waals surface area contributed by atoms with Gasteiger partial charge in [-0.15, -0.1) is 12.4 Å². The molecular formula is C19H23Cl2NO3. The zero-order valence-corrected chi connectivity index (χ0v) is 16.0. The standard InChI is InChI=1S/C19H22ClNO3.ClH/c1-13-3-8-17(24-12-16-11-21-9-10-23-16)19(22-2)18(13)14-4-6-15(20)7-5-14;/h3-8,16,21H,9-12H2,1-2H3;1H/t16-;/m0./s1. The topological polar surface area (TPSA) is 39.7 Å². The first-order chi connectivity index (χ1) is 11.7. The van der Waals surface area contributed by atoms with Crippen LogP contribution in [-0.2, 0) is 4.74 Å². The van der Waals surface area contributed by atoms with Crippen LogP contribution in [-0.4, -0.2) is 39.5 Å². The van der Waals surface area contributed by atoms with Gasteiger partial charge in [-0.25, -0.2) is 0 Å². The molecule has 0 radical (unpaired) electrons. The zero-order valence-electron chi connectivity index (χ0n) is 14.4. The molecule has 0 aromatic heterocycles. The molecule has 4 nitrogen and oxygen atoms in total. The number of methoxy groups -OCH3 is 1. The van der Waals surface area contributed by atoms with E-state index < -0.39 is 0 Å². The summed E-state index contributed by atoms with van der Waals surface area (Å²) in [4.78, 5) is 0. The fraction of sp³-hybridized carbons (Fsp3) is 0.368. The van der Waals surface area contributed by atoms with Crippen molar-refractivity contribution in [2.45, 2.75) is 13.0 Å².